The first-order valence-corrected chi connectivity index (χ1v) is 6.44. The molecule has 3 aromatic rings. The Bertz CT molecular complexity index is 862. The van der Waals surface area contributed by atoms with E-state index in [9.17, 15) is 18.3 Å². The van der Waals surface area contributed by atoms with Crippen LogP contribution < -0.4 is 4.90 Å². The lowest BCUT2D eigenvalue weighted by atomic mass is 10.1. The molecular formula is C16H11F3N2O. The lowest BCUT2D eigenvalue weighted by Gasteiger charge is -2.22. The quantitative estimate of drug-likeness (QED) is 0.723. The molecule has 0 aliphatic heterocycles. The Labute approximate surface area is 124 Å². The van der Waals surface area contributed by atoms with Crippen LogP contribution in [0.2, 0.25) is 0 Å². The molecule has 0 atom stereocenters. The number of rotatable bonds is 2. The van der Waals surface area contributed by atoms with Crippen molar-refractivity contribution in [3.05, 3.63) is 60.0 Å². The van der Waals surface area contributed by atoms with Crippen LogP contribution in [0.1, 0.15) is 0 Å². The molecule has 1 aromatic heterocycles. The second kappa shape index (κ2) is 5.22. The number of hydrogen-bond donors (Lipinski definition) is 1. The molecule has 0 aliphatic carbocycles. The molecule has 0 saturated carbocycles. The second-order valence-electron chi connectivity index (χ2n) is 4.76. The topological polar surface area (TPSA) is 36.4 Å². The van der Waals surface area contributed by atoms with Crippen LogP contribution in [0.15, 0.2) is 42.6 Å². The summed E-state index contributed by atoms with van der Waals surface area (Å²) in [5, 5.41) is 10.5. The predicted molar refractivity (Wildman–Crippen MR) is 77.8 cm³/mol. The van der Waals surface area contributed by atoms with Crippen LogP contribution in [0, 0.1) is 17.5 Å². The van der Waals surface area contributed by atoms with E-state index in [0.29, 0.717) is 22.7 Å². The van der Waals surface area contributed by atoms with Crippen molar-refractivity contribution in [3.8, 4) is 5.75 Å². The maximum atomic E-state index is 14.0. The number of anilines is 2. The molecule has 0 spiro atoms. The molecule has 0 bridgehead atoms. The summed E-state index contributed by atoms with van der Waals surface area (Å²) in [7, 11) is 1.46. The number of nitrogens with zero attached hydrogens (tertiary/aromatic N) is 2. The number of para-hydroxylation sites is 1. The largest absolute Gasteiger partial charge is 0.506 e. The molecule has 0 amide bonds. The molecule has 6 heteroatoms. The first-order chi connectivity index (χ1) is 10.5. The summed E-state index contributed by atoms with van der Waals surface area (Å²) in [6.07, 6.45) is 1.52. The van der Waals surface area contributed by atoms with Crippen molar-refractivity contribution in [1.82, 2.24) is 4.98 Å². The van der Waals surface area contributed by atoms with Crippen molar-refractivity contribution in [3.63, 3.8) is 0 Å². The molecule has 0 radical (unpaired) electrons. The van der Waals surface area contributed by atoms with Crippen molar-refractivity contribution in [2.45, 2.75) is 0 Å². The van der Waals surface area contributed by atoms with Crippen LogP contribution in [0.5, 0.6) is 5.75 Å². The van der Waals surface area contributed by atoms with Gasteiger partial charge >= 0.3 is 0 Å². The Morgan fingerprint density at radius 1 is 1.05 bits per heavy atom. The number of pyridine rings is 1. The fraction of sp³-hybridized carbons (Fsp3) is 0.0625. The molecule has 2 aromatic carbocycles. The number of aromatic nitrogens is 1. The van der Waals surface area contributed by atoms with E-state index in [-0.39, 0.29) is 0 Å². The monoisotopic (exact) mass is 304 g/mol. The van der Waals surface area contributed by atoms with Gasteiger partial charge in [-0.3, -0.25) is 4.98 Å². The van der Waals surface area contributed by atoms with Gasteiger partial charge in [-0.25, -0.2) is 13.2 Å². The number of phenolic OH excluding ortho intramolecular Hbond substituents is 1. The van der Waals surface area contributed by atoms with Gasteiger partial charge in [-0.1, -0.05) is 18.2 Å². The third-order valence-corrected chi connectivity index (χ3v) is 3.44. The SMILES string of the molecule is CN(c1c(O)cc(F)c(F)c1F)c1ccnc2ccccc12. The summed E-state index contributed by atoms with van der Waals surface area (Å²) in [4.78, 5) is 5.44. The fourth-order valence-electron chi connectivity index (χ4n) is 2.39. The lowest BCUT2D eigenvalue weighted by molar-refractivity contribution is 0.421. The van der Waals surface area contributed by atoms with Crippen molar-refractivity contribution in [2.24, 2.45) is 0 Å². The van der Waals surface area contributed by atoms with Crippen LogP contribution in [0.4, 0.5) is 24.5 Å². The van der Waals surface area contributed by atoms with E-state index >= 15 is 0 Å². The van der Waals surface area contributed by atoms with Gasteiger partial charge in [0.2, 0.25) is 0 Å². The molecule has 0 saturated heterocycles. The Kier molecular flexibility index (Phi) is 3.36. The Balaban J connectivity index is 2.23. The average Bonchev–Trinajstić information content (AvgIpc) is 2.52. The molecule has 3 nitrogen and oxygen atoms in total. The predicted octanol–water partition coefficient (Wildman–Crippen LogP) is 4.13. The molecule has 1 N–H and O–H groups in total. The van der Waals surface area contributed by atoms with Gasteiger partial charge in [-0.15, -0.1) is 0 Å². The van der Waals surface area contributed by atoms with E-state index in [2.05, 4.69) is 4.98 Å². The van der Waals surface area contributed by atoms with E-state index in [1.807, 2.05) is 0 Å². The maximum Gasteiger partial charge on any atom is 0.196 e. The lowest BCUT2D eigenvalue weighted by Crippen LogP contribution is -2.13. The highest BCUT2D eigenvalue weighted by Crippen LogP contribution is 2.38. The highest BCUT2D eigenvalue weighted by molar-refractivity contribution is 5.94. The van der Waals surface area contributed by atoms with Gasteiger partial charge in [0.05, 0.1) is 11.2 Å². The number of halogens is 3. The smallest absolute Gasteiger partial charge is 0.196 e. The normalized spacial score (nSPS) is 10.9. The van der Waals surface area contributed by atoms with Gasteiger partial charge in [-0.2, -0.15) is 0 Å². The number of phenols is 1. The molecule has 1 heterocycles. The fourth-order valence-corrected chi connectivity index (χ4v) is 2.39. The zero-order valence-electron chi connectivity index (χ0n) is 11.5. The van der Waals surface area contributed by atoms with Crippen molar-refractivity contribution in [2.75, 3.05) is 11.9 Å². The maximum absolute atomic E-state index is 14.0. The van der Waals surface area contributed by atoms with Crippen molar-refractivity contribution in [1.29, 1.82) is 0 Å². The van der Waals surface area contributed by atoms with Crippen molar-refractivity contribution >= 4 is 22.3 Å². The van der Waals surface area contributed by atoms with Crippen LogP contribution >= 0.6 is 0 Å². The van der Waals surface area contributed by atoms with E-state index in [1.165, 1.54) is 18.1 Å². The Morgan fingerprint density at radius 3 is 2.55 bits per heavy atom. The van der Waals surface area contributed by atoms with Gasteiger partial charge in [0.15, 0.2) is 17.5 Å². The first kappa shape index (κ1) is 14.2. The minimum absolute atomic E-state index is 0.435. The standard InChI is InChI=1S/C16H11F3N2O/c1-21(16-13(22)8-10(17)14(18)15(16)19)12-6-7-20-11-5-3-2-4-9(11)12/h2-8,22H,1H3. The molecule has 0 fully saturated rings. The van der Waals surface area contributed by atoms with Crippen molar-refractivity contribution < 1.29 is 18.3 Å². The number of benzene rings is 2. The average molecular weight is 304 g/mol. The van der Waals surface area contributed by atoms with Gasteiger partial charge in [-0.05, 0) is 12.1 Å². The molecule has 3 rings (SSSR count). The van der Waals surface area contributed by atoms with E-state index in [0.717, 1.165) is 0 Å². The van der Waals surface area contributed by atoms with Crippen LogP contribution in [0.25, 0.3) is 10.9 Å². The Hall–Kier alpha value is -2.76. The van der Waals surface area contributed by atoms with Crippen LogP contribution in [-0.2, 0) is 0 Å². The third-order valence-electron chi connectivity index (χ3n) is 3.44. The highest BCUT2D eigenvalue weighted by Gasteiger charge is 2.23. The number of aromatic hydroxyl groups is 1. The summed E-state index contributed by atoms with van der Waals surface area (Å²) in [6, 6.07) is 9.27. The first-order valence-electron chi connectivity index (χ1n) is 6.44. The van der Waals surface area contributed by atoms with E-state index < -0.39 is 28.9 Å². The van der Waals surface area contributed by atoms with E-state index in [4.69, 9.17) is 0 Å². The molecule has 0 unspecified atom stereocenters. The Morgan fingerprint density at radius 2 is 1.77 bits per heavy atom. The molecule has 0 aliphatic rings. The zero-order valence-corrected chi connectivity index (χ0v) is 11.5. The third kappa shape index (κ3) is 2.13. The van der Waals surface area contributed by atoms with Gasteiger partial charge in [0, 0.05) is 24.7 Å². The second-order valence-corrected chi connectivity index (χ2v) is 4.76. The number of hydrogen-bond acceptors (Lipinski definition) is 3. The highest BCUT2D eigenvalue weighted by atomic mass is 19.2. The van der Waals surface area contributed by atoms with Crippen LogP contribution in [-0.4, -0.2) is 17.1 Å². The van der Waals surface area contributed by atoms with E-state index in [1.54, 1.807) is 30.3 Å². The zero-order chi connectivity index (χ0) is 15.9. The van der Waals surface area contributed by atoms with Gasteiger partial charge in [0.1, 0.15) is 11.4 Å². The molecule has 112 valence electrons. The summed E-state index contributed by atoms with van der Waals surface area (Å²) in [5.74, 6) is -5.19. The summed E-state index contributed by atoms with van der Waals surface area (Å²) in [5.41, 5.74) is 0.732. The molecule has 22 heavy (non-hydrogen) atoms. The summed E-state index contributed by atoms with van der Waals surface area (Å²) < 4.78 is 40.6. The minimum Gasteiger partial charge on any atom is -0.506 e. The van der Waals surface area contributed by atoms with Crippen LogP contribution in [0.3, 0.4) is 0 Å². The number of fused-ring (bicyclic) bond motifs is 1. The molecular weight excluding hydrogens is 293 g/mol. The summed E-state index contributed by atoms with van der Waals surface area (Å²) in [6.45, 7) is 0. The van der Waals surface area contributed by atoms with Gasteiger partial charge < -0.3 is 10.0 Å². The minimum atomic E-state index is -1.63. The van der Waals surface area contributed by atoms with Gasteiger partial charge in [0.25, 0.3) is 0 Å². The summed E-state index contributed by atoms with van der Waals surface area (Å²) >= 11 is 0.